The molecule has 1 aromatic rings. The fourth-order valence-corrected chi connectivity index (χ4v) is 2.99. The Balaban J connectivity index is 2.14. The second-order valence-corrected chi connectivity index (χ2v) is 5.74. The summed E-state index contributed by atoms with van der Waals surface area (Å²) >= 11 is 3.48. The first-order chi connectivity index (χ1) is 9.13. The van der Waals surface area contributed by atoms with Crippen LogP contribution in [0.25, 0.3) is 0 Å². The average Bonchev–Trinajstić information content (AvgIpc) is 2.80. The van der Waals surface area contributed by atoms with Crippen molar-refractivity contribution in [3.63, 3.8) is 0 Å². The number of halogens is 1. The highest BCUT2D eigenvalue weighted by Gasteiger charge is 2.30. The van der Waals surface area contributed by atoms with E-state index in [9.17, 15) is 4.79 Å². The molecule has 1 saturated carbocycles. The zero-order valence-corrected chi connectivity index (χ0v) is 12.6. The molecule has 2 rings (SSSR count). The Morgan fingerprint density at radius 3 is 2.95 bits per heavy atom. The molecule has 3 N–H and O–H groups in total. The van der Waals surface area contributed by atoms with Gasteiger partial charge in [0.1, 0.15) is 0 Å². The van der Waals surface area contributed by atoms with Crippen LogP contribution in [0.5, 0.6) is 0 Å². The van der Waals surface area contributed by atoms with Crippen LogP contribution >= 0.6 is 15.9 Å². The minimum Gasteiger partial charge on any atom is -0.380 e. The van der Waals surface area contributed by atoms with Gasteiger partial charge >= 0.3 is 0 Å². The van der Waals surface area contributed by atoms with Crippen molar-refractivity contribution in [2.75, 3.05) is 12.4 Å². The molecule has 5 heteroatoms. The second kappa shape index (κ2) is 6.50. The molecular formula is C14H19BrN2O2. The predicted octanol–water partition coefficient (Wildman–Crippen LogP) is 2.66. The third-order valence-electron chi connectivity index (χ3n) is 3.57. The van der Waals surface area contributed by atoms with E-state index in [0.717, 1.165) is 35.0 Å². The van der Waals surface area contributed by atoms with Crippen LogP contribution in [0.1, 0.15) is 24.8 Å². The molecule has 1 aromatic carbocycles. The lowest BCUT2D eigenvalue weighted by Crippen LogP contribution is -2.34. The summed E-state index contributed by atoms with van der Waals surface area (Å²) in [5.74, 6) is -0.0603. The van der Waals surface area contributed by atoms with Crippen molar-refractivity contribution in [3.05, 3.63) is 28.2 Å². The molecular weight excluding hydrogens is 308 g/mol. The fourth-order valence-electron chi connectivity index (χ4n) is 2.51. The summed E-state index contributed by atoms with van der Waals surface area (Å²) in [7, 11) is 1.64. The molecule has 104 valence electrons. The van der Waals surface area contributed by atoms with Crippen LogP contribution in [0, 0.1) is 5.92 Å². The van der Waals surface area contributed by atoms with Crippen molar-refractivity contribution in [3.8, 4) is 0 Å². The monoisotopic (exact) mass is 326 g/mol. The van der Waals surface area contributed by atoms with Crippen LogP contribution in [-0.2, 0) is 16.1 Å². The van der Waals surface area contributed by atoms with E-state index in [0.29, 0.717) is 6.61 Å². The zero-order chi connectivity index (χ0) is 13.8. The molecule has 1 aliphatic rings. The molecule has 1 aliphatic carbocycles. The molecule has 0 aromatic heterocycles. The van der Waals surface area contributed by atoms with Gasteiger partial charge in [0, 0.05) is 28.9 Å². The Hall–Kier alpha value is -0.910. The number of carbonyl (C=O) groups is 1. The zero-order valence-electron chi connectivity index (χ0n) is 11.0. The van der Waals surface area contributed by atoms with E-state index in [1.54, 1.807) is 7.11 Å². The first-order valence-electron chi connectivity index (χ1n) is 6.46. The molecule has 19 heavy (non-hydrogen) atoms. The standard InChI is InChI=1S/C14H19BrN2O2/c1-19-8-10-11(15)5-3-7-13(10)17-14(18)9-4-2-6-12(9)16/h3,5,7,9,12H,2,4,6,8,16H2,1H3,(H,17,18). The number of ether oxygens (including phenoxy) is 1. The summed E-state index contributed by atoms with van der Waals surface area (Å²) in [5.41, 5.74) is 7.71. The smallest absolute Gasteiger partial charge is 0.229 e. The van der Waals surface area contributed by atoms with Crippen LogP contribution in [-0.4, -0.2) is 19.1 Å². The van der Waals surface area contributed by atoms with Gasteiger partial charge in [0.05, 0.1) is 12.5 Å². The SMILES string of the molecule is COCc1c(Br)cccc1NC(=O)C1CCCC1N. The molecule has 1 amide bonds. The van der Waals surface area contributed by atoms with Gasteiger partial charge in [-0.2, -0.15) is 0 Å². The van der Waals surface area contributed by atoms with Crippen molar-refractivity contribution < 1.29 is 9.53 Å². The number of anilines is 1. The number of amides is 1. The Morgan fingerprint density at radius 2 is 2.32 bits per heavy atom. The largest absolute Gasteiger partial charge is 0.380 e. The Labute approximate surface area is 121 Å². The average molecular weight is 327 g/mol. The van der Waals surface area contributed by atoms with Crippen molar-refractivity contribution in [1.82, 2.24) is 0 Å². The number of benzene rings is 1. The lowest BCUT2D eigenvalue weighted by atomic mass is 10.0. The summed E-state index contributed by atoms with van der Waals surface area (Å²) in [6.45, 7) is 0.452. The maximum Gasteiger partial charge on any atom is 0.229 e. The van der Waals surface area contributed by atoms with E-state index in [4.69, 9.17) is 10.5 Å². The highest BCUT2D eigenvalue weighted by Crippen LogP contribution is 2.29. The van der Waals surface area contributed by atoms with Gasteiger partial charge in [-0.15, -0.1) is 0 Å². The lowest BCUT2D eigenvalue weighted by Gasteiger charge is -2.17. The summed E-state index contributed by atoms with van der Waals surface area (Å²) in [6, 6.07) is 5.70. The van der Waals surface area contributed by atoms with Crippen LogP contribution in [0.2, 0.25) is 0 Å². The minimum absolute atomic E-state index is 0.0143. The number of hydrogen-bond acceptors (Lipinski definition) is 3. The quantitative estimate of drug-likeness (QED) is 0.894. The Kier molecular flexibility index (Phi) is 4.96. The summed E-state index contributed by atoms with van der Waals surface area (Å²) in [4.78, 5) is 12.2. The minimum atomic E-state index is -0.0747. The van der Waals surface area contributed by atoms with Gasteiger partial charge in [-0.3, -0.25) is 4.79 Å². The molecule has 0 heterocycles. The Morgan fingerprint density at radius 1 is 1.53 bits per heavy atom. The van der Waals surface area contributed by atoms with Crippen molar-refractivity contribution in [2.45, 2.75) is 31.9 Å². The van der Waals surface area contributed by atoms with Gasteiger partial charge in [0.2, 0.25) is 5.91 Å². The highest BCUT2D eigenvalue weighted by atomic mass is 79.9. The molecule has 4 nitrogen and oxygen atoms in total. The van der Waals surface area contributed by atoms with E-state index < -0.39 is 0 Å². The normalized spacial score (nSPS) is 22.5. The van der Waals surface area contributed by atoms with Gasteiger partial charge in [-0.25, -0.2) is 0 Å². The van der Waals surface area contributed by atoms with Gasteiger partial charge in [-0.1, -0.05) is 28.4 Å². The van der Waals surface area contributed by atoms with Gasteiger partial charge in [0.25, 0.3) is 0 Å². The van der Waals surface area contributed by atoms with Crippen LogP contribution in [0.15, 0.2) is 22.7 Å². The van der Waals surface area contributed by atoms with Crippen molar-refractivity contribution in [2.24, 2.45) is 11.7 Å². The van der Waals surface area contributed by atoms with E-state index in [1.165, 1.54) is 0 Å². The lowest BCUT2D eigenvalue weighted by molar-refractivity contribution is -0.120. The van der Waals surface area contributed by atoms with Crippen molar-refractivity contribution in [1.29, 1.82) is 0 Å². The maximum atomic E-state index is 12.2. The highest BCUT2D eigenvalue weighted by molar-refractivity contribution is 9.10. The maximum absolute atomic E-state index is 12.2. The van der Waals surface area contributed by atoms with Crippen LogP contribution < -0.4 is 11.1 Å². The molecule has 0 spiro atoms. The number of nitrogens with one attached hydrogen (secondary N) is 1. The third kappa shape index (κ3) is 3.35. The number of hydrogen-bond donors (Lipinski definition) is 2. The number of rotatable bonds is 4. The van der Waals surface area contributed by atoms with Crippen LogP contribution in [0.4, 0.5) is 5.69 Å². The number of nitrogens with two attached hydrogens (primary N) is 1. The first kappa shape index (κ1) is 14.5. The molecule has 1 fully saturated rings. The second-order valence-electron chi connectivity index (χ2n) is 4.89. The van der Waals surface area contributed by atoms with Crippen molar-refractivity contribution >= 4 is 27.5 Å². The molecule has 2 atom stereocenters. The van der Waals surface area contributed by atoms with Gasteiger partial charge in [-0.05, 0) is 25.0 Å². The van der Waals surface area contributed by atoms with Crippen LogP contribution in [0.3, 0.4) is 0 Å². The molecule has 2 unspecified atom stereocenters. The summed E-state index contributed by atoms with van der Waals surface area (Å²) in [5, 5.41) is 2.98. The third-order valence-corrected chi connectivity index (χ3v) is 4.31. The molecule has 0 saturated heterocycles. The van der Waals surface area contributed by atoms with E-state index in [1.807, 2.05) is 18.2 Å². The molecule has 0 radical (unpaired) electrons. The number of carbonyl (C=O) groups excluding carboxylic acids is 1. The Bertz CT molecular complexity index is 465. The van der Waals surface area contributed by atoms with Gasteiger partial charge < -0.3 is 15.8 Å². The number of methoxy groups -OCH3 is 1. The molecule has 0 bridgehead atoms. The summed E-state index contributed by atoms with van der Waals surface area (Å²) < 4.78 is 6.10. The van der Waals surface area contributed by atoms with E-state index in [2.05, 4.69) is 21.2 Å². The molecule has 0 aliphatic heterocycles. The first-order valence-corrected chi connectivity index (χ1v) is 7.25. The predicted molar refractivity (Wildman–Crippen MR) is 78.8 cm³/mol. The fraction of sp³-hybridized carbons (Fsp3) is 0.500. The van der Waals surface area contributed by atoms with E-state index in [-0.39, 0.29) is 17.9 Å². The van der Waals surface area contributed by atoms with Gasteiger partial charge in [0.15, 0.2) is 0 Å². The topological polar surface area (TPSA) is 64.3 Å². The summed E-state index contributed by atoms with van der Waals surface area (Å²) in [6.07, 6.45) is 2.84. The van der Waals surface area contributed by atoms with E-state index >= 15 is 0 Å².